The molecule has 0 radical (unpaired) electrons. The first-order chi connectivity index (χ1) is 11.0. The second-order valence-electron chi connectivity index (χ2n) is 4.38. The highest BCUT2D eigenvalue weighted by atomic mass is 19.4. The highest BCUT2D eigenvalue weighted by Crippen LogP contribution is 2.30. The van der Waals surface area contributed by atoms with Crippen molar-refractivity contribution in [2.24, 2.45) is 5.10 Å². The van der Waals surface area contributed by atoms with Gasteiger partial charge in [-0.3, -0.25) is 5.43 Å². The van der Waals surface area contributed by atoms with Gasteiger partial charge in [0.25, 0.3) is 0 Å². The standard InChI is InChI=1S/C15H14F3N3O2/c1-22-12-5-3-4-10(14(12)23-2)8-20-21-13-7-6-11(9-19-13)15(16,17)18/h3-9H,1-2H3,(H,19,21)/b20-8+. The van der Waals surface area contributed by atoms with E-state index >= 15 is 0 Å². The second-order valence-corrected chi connectivity index (χ2v) is 4.38. The molecule has 2 aromatic rings. The Morgan fingerprint density at radius 2 is 1.91 bits per heavy atom. The minimum atomic E-state index is -4.41. The van der Waals surface area contributed by atoms with E-state index in [1.165, 1.54) is 26.5 Å². The van der Waals surface area contributed by atoms with E-state index in [1.807, 2.05) is 0 Å². The van der Waals surface area contributed by atoms with Crippen molar-refractivity contribution in [1.29, 1.82) is 0 Å². The van der Waals surface area contributed by atoms with Crippen molar-refractivity contribution in [2.45, 2.75) is 6.18 Å². The fraction of sp³-hybridized carbons (Fsp3) is 0.200. The number of nitrogens with one attached hydrogen (secondary N) is 1. The van der Waals surface area contributed by atoms with Crippen LogP contribution in [0, 0.1) is 0 Å². The molecule has 23 heavy (non-hydrogen) atoms. The number of pyridine rings is 1. The van der Waals surface area contributed by atoms with Gasteiger partial charge in [-0.15, -0.1) is 0 Å². The zero-order valence-electron chi connectivity index (χ0n) is 12.4. The van der Waals surface area contributed by atoms with Crippen molar-refractivity contribution >= 4 is 12.0 Å². The first-order valence-corrected chi connectivity index (χ1v) is 6.49. The molecule has 8 heteroatoms. The molecule has 122 valence electrons. The first-order valence-electron chi connectivity index (χ1n) is 6.49. The number of nitrogens with zero attached hydrogens (tertiary/aromatic N) is 2. The zero-order chi connectivity index (χ0) is 16.9. The maximum atomic E-state index is 12.4. The van der Waals surface area contributed by atoms with Crippen molar-refractivity contribution in [3.05, 3.63) is 47.7 Å². The number of aromatic nitrogens is 1. The zero-order valence-corrected chi connectivity index (χ0v) is 12.4. The SMILES string of the molecule is COc1cccc(/C=N/Nc2ccc(C(F)(F)F)cn2)c1OC. The Labute approximate surface area is 130 Å². The monoisotopic (exact) mass is 325 g/mol. The molecule has 5 nitrogen and oxygen atoms in total. The van der Waals surface area contributed by atoms with Crippen LogP contribution in [0.1, 0.15) is 11.1 Å². The van der Waals surface area contributed by atoms with Crippen LogP contribution in [0.3, 0.4) is 0 Å². The van der Waals surface area contributed by atoms with Gasteiger partial charge in [0.2, 0.25) is 0 Å². The third-order valence-electron chi connectivity index (χ3n) is 2.91. The van der Waals surface area contributed by atoms with Crippen LogP contribution < -0.4 is 14.9 Å². The fourth-order valence-corrected chi connectivity index (χ4v) is 1.81. The lowest BCUT2D eigenvalue weighted by Crippen LogP contribution is -2.05. The van der Waals surface area contributed by atoms with Crippen molar-refractivity contribution in [3.63, 3.8) is 0 Å². The number of anilines is 1. The summed E-state index contributed by atoms with van der Waals surface area (Å²) in [5, 5.41) is 3.93. The molecule has 1 aromatic carbocycles. The number of alkyl halides is 3. The molecule has 0 bridgehead atoms. The molecular weight excluding hydrogens is 311 g/mol. The van der Waals surface area contributed by atoms with Crippen molar-refractivity contribution in [1.82, 2.24) is 4.98 Å². The van der Waals surface area contributed by atoms with Crippen LogP contribution >= 0.6 is 0 Å². The van der Waals surface area contributed by atoms with Gasteiger partial charge < -0.3 is 9.47 Å². The Morgan fingerprint density at radius 3 is 2.48 bits per heavy atom. The van der Waals surface area contributed by atoms with Gasteiger partial charge in [-0.05, 0) is 24.3 Å². The number of hydrazone groups is 1. The molecule has 0 saturated heterocycles. The molecule has 1 heterocycles. The predicted molar refractivity (Wildman–Crippen MR) is 80.0 cm³/mol. The third kappa shape index (κ3) is 4.12. The smallest absolute Gasteiger partial charge is 0.417 e. The molecule has 1 aromatic heterocycles. The van der Waals surface area contributed by atoms with Gasteiger partial charge in [0.1, 0.15) is 5.82 Å². The number of methoxy groups -OCH3 is 2. The molecule has 1 N–H and O–H groups in total. The number of benzene rings is 1. The van der Waals surface area contributed by atoms with Crippen LogP contribution in [0.25, 0.3) is 0 Å². The highest BCUT2D eigenvalue weighted by molar-refractivity contribution is 5.85. The van der Waals surface area contributed by atoms with E-state index in [1.54, 1.807) is 18.2 Å². The van der Waals surface area contributed by atoms with Gasteiger partial charge in [0.15, 0.2) is 11.5 Å². The summed E-state index contributed by atoms with van der Waals surface area (Å²) < 4.78 is 47.7. The lowest BCUT2D eigenvalue weighted by Gasteiger charge is -2.09. The summed E-state index contributed by atoms with van der Waals surface area (Å²) in [5.74, 6) is 1.24. The normalized spacial score (nSPS) is 11.5. The van der Waals surface area contributed by atoms with E-state index in [0.717, 1.165) is 12.3 Å². The largest absolute Gasteiger partial charge is 0.493 e. The molecule has 0 aliphatic carbocycles. The molecule has 0 atom stereocenters. The van der Waals surface area contributed by atoms with E-state index in [-0.39, 0.29) is 5.82 Å². The van der Waals surface area contributed by atoms with Gasteiger partial charge in [-0.25, -0.2) is 4.98 Å². The number of hydrogen-bond acceptors (Lipinski definition) is 5. The summed E-state index contributed by atoms with van der Waals surface area (Å²) >= 11 is 0. The van der Waals surface area contributed by atoms with Crippen molar-refractivity contribution in [3.8, 4) is 11.5 Å². The molecule has 0 spiro atoms. The van der Waals surface area contributed by atoms with E-state index in [9.17, 15) is 13.2 Å². The number of halogens is 3. The van der Waals surface area contributed by atoms with Crippen molar-refractivity contribution in [2.75, 3.05) is 19.6 Å². The van der Waals surface area contributed by atoms with E-state index in [0.29, 0.717) is 17.1 Å². The third-order valence-corrected chi connectivity index (χ3v) is 2.91. The Bertz CT molecular complexity index is 685. The number of para-hydroxylation sites is 1. The van der Waals surface area contributed by atoms with Crippen molar-refractivity contribution < 1.29 is 22.6 Å². The van der Waals surface area contributed by atoms with Gasteiger partial charge in [-0.1, -0.05) is 6.07 Å². The summed E-state index contributed by atoms with van der Waals surface area (Å²) in [4.78, 5) is 3.65. The first kappa shape index (κ1) is 16.6. The van der Waals surface area contributed by atoms with E-state index in [2.05, 4.69) is 15.5 Å². The molecule has 0 saturated carbocycles. The summed E-state index contributed by atoms with van der Waals surface area (Å²) in [6.45, 7) is 0. The Balaban J connectivity index is 2.10. The average molecular weight is 325 g/mol. The maximum Gasteiger partial charge on any atom is 0.417 e. The van der Waals surface area contributed by atoms with Gasteiger partial charge in [-0.2, -0.15) is 18.3 Å². The average Bonchev–Trinajstić information content (AvgIpc) is 2.54. The number of rotatable bonds is 5. The van der Waals surface area contributed by atoms with Gasteiger partial charge >= 0.3 is 6.18 Å². The van der Waals surface area contributed by atoms with Crippen LogP contribution in [0.15, 0.2) is 41.6 Å². The molecule has 0 amide bonds. The molecule has 0 aliphatic heterocycles. The summed E-state index contributed by atoms with van der Waals surface area (Å²) in [7, 11) is 3.02. The Morgan fingerprint density at radius 1 is 1.13 bits per heavy atom. The van der Waals surface area contributed by atoms with Crippen LogP contribution in [0.2, 0.25) is 0 Å². The van der Waals surface area contributed by atoms with E-state index in [4.69, 9.17) is 9.47 Å². The number of ether oxygens (including phenoxy) is 2. The molecule has 0 fully saturated rings. The molecule has 2 rings (SSSR count). The number of hydrogen-bond donors (Lipinski definition) is 1. The Kier molecular flexibility index (Phi) is 5.05. The van der Waals surface area contributed by atoms with E-state index < -0.39 is 11.7 Å². The van der Waals surface area contributed by atoms with Gasteiger partial charge in [0, 0.05) is 11.8 Å². The second kappa shape index (κ2) is 6.99. The minimum Gasteiger partial charge on any atom is -0.493 e. The lowest BCUT2D eigenvalue weighted by atomic mass is 10.2. The Hall–Kier alpha value is -2.77. The lowest BCUT2D eigenvalue weighted by molar-refractivity contribution is -0.137. The topological polar surface area (TPSA) is 55.7 Å². The molecule has 0 aliphatic rings. The maximum absolute atomic E-state index is 12.4. The fourth-order valence-electron chi connectivity index (χ4n) is 1.81. The summed E-state index contributed by atoms with van der Waals surface area (Å²) in [6.07, 6.45) is -2.21. The van der Waals surface area contributed by atoms with Crippen LogP contribution in [0.4, 0.5) is 19.0 Å². The summed E-state index contributed by atoms with van der Waals surface area (Å²) in [6, 6.07) is 7.38. The van der Waals surface area contributed by atoms with Crippen LogP contribution in [0.5, 0.6) is 11.5 Å². The van der Waals surface area contributed by atoms with Gasteiger partial charge in [0.05, 0.1) is 26.0 Å². The molecular formula is C15H14F3N3O2. The minimum absolute atomic E-state index is 0.191. The highest BCUT2D eigenvalue weighted by Gasteiger charge is 2.30. The predicted octanol–water partition coefficient (Wildman–Crippen LogP) is 3.56. The van der Waals surface area contributed by atoms with Crippen LogP contribution in [-0.4, -0.2) is 25.4 Å². The summed E-state index contributed by atoms with van der Waals surface area (Å²) in [5.41, 5.74) is 2.38. The van der Waals surface area contributed by atoms with Crippen LogP contribution in [-0.2, 0) is 6.18 Å². The molecule has 0 unspecified atom stereocenters. The quantitative estimate of drug-likeness (QED) is 0.674.